The molecule has 0 aliphatic carbocycles. The average Bonchev–Trinajstić information content (AvgIpc) is 2.34. The highest BCUT2D eigenvalue weighted by molar-refractivity contribution is 4.90. The third-order valence-corrected chi connectivity index (χ3v) is 4.30. The topological polar surface area (TPSA) is 24.5 Å². The van der Waals surface area contributed by atoms with E-state index in [2.05, 4.69) is 44.8 Å². The molecule has 1 heterocycles. The summed E-state index contributed by atoms with van der Waals surface area (Å²) in [7, 11) is 1.82. The van der Waals surface area contributed by atoms with Crippen molar-refractivity contribution in [2.75, 3.05) is 26.8 Å². The largest absolute Gasteiger partial charge is 0.383 e. The van der Waals surface area contributed by atoms with Crippen LogP contribution in [0.3, 0.4) is 0 Å². The third-order valence-electron chi connectivity index (χ3n) is 4.30. The minimum atomic E-state index is 0.548. The highest BCUT2D eigenvalue weighted by atomic mass is 16.5. The number of nitrogens with zero attached hydrogens (tertiary/aromatic N) is 1. The molecule has 1 aliphatic rings. The van der Waals surface area contributed by atoms with Gasteiger partial charge in [-0.2, -0.15) is 0 Å². The summed E-state index contributed by atoms with van der Waals surface area (Å²) in [6.45, 7) is 14.7. The Hall–Kier alpha value is -0.120. The van der Waals surface area contributed by atoms with Crippen molar-refractivity contribution in [1.29, 1.82) is 0 Å². The second kappa shape index (κ2) is 8.23. The fourth-order valence-corrected chi connectivity index (χ4v) is 3.24. The van der Waals surface area contributed by atoms with Crippen LogP contribution in [0.25, 0.3) is 0 Å². The van der Waals surface area contributed by atoms with Crippen molar-refractivity contribution in [3.05, 3.63) is 0 Å². The van der Waals surface area contributed by atoms with Gasteiger partial charge < -0.3 is 10.1 Å². The summed E-state index contributed by atoms with van der Waals surface area (Å²) in [6.07, 6.45) is 2.49. The standard InChI is InChI=1S/C16H34N2O/c1-7-15-9-17-14(8-12(2)3)10-18(15)16(11-19-6)13(4)5/h12-17H,7-11H2,1-6H3. The van der Waals surface area contributed by atoms with Crippen molar-refractivity contribution in [3.63, 3.8) is 0 Å². The van der Waals surface area contributed by atoms with Crippen LogP contribution in [0.5, 0.6) is 0 Å². The van der Waals surface area contributed by atoms with Crippen molar-refractivity contribution in [3.8, 4) is 0 Å². The molecule has 19 heavy (non-hydrogen) atoms. The van der Waals surface area contributed by atoms with Gasteiger partial charge in [-0.1, -0.05) is 34.6 Å². The molecule has 3 unspecified atom stereocenters. The van der Waals surface area contributed by atoms with Crippen LogP contribution >= 0.6 is 0 Å². The lowest BCUT2D eigenvalue weighted by atomic mass is 9.94. The molecular formula is C16H34N2O. The van der Waals surface area contributed by atoms with Crippen molar-refractivity contribution in [2.45, 2.75) is 65.6 Å². The van der Waals surface area contributed by atoms with Gasteiger partial charge in [-0.05, 0) is 24.7 Å². The van der Waals surface area contributed by atoms with Gasteiger partial charge >= 0.3 is 0 Å². The van der Waals surface area contributed by atoms with Crippen LogP contribution in [0.2, 0.25) is 0 Å². The number of methoxy groups -OCH3 is 1. The molecule has 3 heteroatoms. The van der Waals surface area contributed by atoms with E-state index in [4.69, 9.17) is 4.74 Å². The molecule has 3 atom stereocenters. The smallest absolute Gasteiger partial charge is 0.0620 e. The molecule has 1 rings (SSSR count). The van der Waals surface area contributed by atoms with Gasteiger partial charge in [0.1, 0.15) is 0 Å². The number of piperazine rings is 1. The van der Waals surface area contributed by atoms with E-state index >= 15 is 0 Å². The number of hydrogen-bond acceptors (Lipinski definition) is 3. The fourth-order valence-electron chi connectivity index (χ4n) is 3.24. The molecule has 0 radical (unpaired) electrons. The molecule has 1 aliphatic heterocycles. The van der Waals surface area contributed by atoms with E-state index in [1.165, 1.54) is 19.4 Å². The van der Waals surface area contributed by atoms with Crippen LogP contribution in [-0.4, -0.2) is 49.8 Å². The molecule has 0 saturated carbocycles. The lowest BCUT2D eigenvalue weighted by molar-refractivity contribution is 0.00858. The zero-order chi connectivity index (χ0) is 14.4. The second-order valence-corrected chi connectivity index (χ2v) is 6.76. The van der Waals surface area contributed by atoms with Gasteiger partial charge in [0.2, 0.25) is 0 Å². The van der Waals surface area contributed by atoms with Crippen LogP contribution in [0.15, 0.2) is 0 Å². The molecule has 3 nitrogen and oxygen atoms in total. The van der Waals surface area contributed by atoms with Crippen molar-refractivity contribution < 1.29 is 4.74 Å². The molecule has 0 spiro atoms. The molecule has 0 bridgehead atoms. The van der Waals surface area contributed by atoms with Gasteiger partial charge in [-0.15, -0.1) is 0 Å². The first-order valence-electron chi connectivity index (χ1n) is 7.97. The van der Waals surface area contributed by atoms with Crippen molar-refractivity contribution >= 4 is 0 Å². The maximum Gasteiger partial charge on any atom is 0.0620 e. The van der Waals surface area contributed by atoms with E-state index in [1.54, 1.807) is 0 Å². The highest BCUT2D eigenvalue weighted by Gasteiger charge is 2.33. The molecular weight excluding hydrogens is 236 g/mol. The zero-order valence-electron chi connectivity index (χ0n) is 13.8. The Morgan fingerprint density at radius 3 is 2.42 bits per heavy atom. The van der Waals surface area contributed by atoms with E-state index in [-0.39, 0.29) is 0 Å². The Bertz CT molecular complexity index is 243. The summed E-state index contributed by atoms with van der Waals surface area (Å²) >= 11 is 0. The summed E-state index contributed by atoms with van der Waals surface area (Å²) < 4.78 is 5.47. The number of hydrogen-bond donors (Lipinski definition) is 1. The van der Waals surface area contributed by atoms with Crippen LogP contribution < -0.4 is 5.32 Å². The lowest BCUT2D eigenvalue weighted by Crippen LogP contribution is -2.61. The first-order valence-corrected chi connectivity index (χ1v) is 7.97. The predicted molar refractivity (Wildman–Crippen MR) is 82.5 cm³/mol. The highest BCUT2D eigenvalue weighted by Crippen LogP contribution is 2.22. The second-order valence-electron chi connectivity index (χ2n) is 6.76. The van der Waals surface area contributed by atoms with Crippen LogP contribution in [-0.2, 0) is 4.74 Å². The Morgan fingerprint density at radius 2 is 1.95 bits per heavy atom. The maximum atomic E-state index is 5.47. The van der Waals surface area contributed by atoms with Crippen molar-refractivity contribution in [1.82, 2.24) is 10.2 Å². The Labute approximate surface area is 120 Å². The van der Waals surface area contributed by atoms with Crippen LogP contribution in [0.4, 0.5) is 0 Å². The number of nitrogens with one attached hydrogen (secondary N) is 1. The zero-order valence-corrected chi connectivity index (χ0v) is 13.8. The minimum absolute atomic E-state index is 0.548. The Kier molecular flexibility index (Phi) is 7.33. The average molecular weight is 270 g/mol. The quantitative estimate of drug-likeness (QED) is 0.770. The van der Waals surface area contributed by atoms with Crippen molar-refractivity contribution in [2.24, 2.45) is 11.8 Å². The number of ether oxygens (including phenoxy) is 1. The monoisotopic (exact) mass is 270 g/mol. The summed E-state index contributed by atoms with van der Waals surface area (Å²) in [5, 5.41) is 3.73. The van der Waals surface area contributed by atoms with Gasteiger partial charge in [0.25, 0.3) is 0 Å². The fraction of sp³-hybridized carbons (Fsp3) is 1.00. The molecule has 0 aromatic rings. The van der Waals surface area contributed by atoms with Crippen LogP contribution in [0, 0.1) is 11.8 Å². The minimum Gasteiger partial charge on any atom is -0.383 e. The first-order chi connectivity index (χ1) is 8.99. The van der Waals surface area contributed by atoms with Gasteiger partial charge in [0.15, 0.2) is 0 Å². The van der Waals surface area contributed by atoms with Gasteiger partial charge in [-0.3, -0.25) is 4.90 Å². The van der Waals surface area contributed by atoms with Gasteiger partial charge in [-0.25, -0.2) is 0 Å². The Balaban J connectivity index is 2.72. The molecule has 1 saturated heterocycles. The molecule has 114 valence electrons. The lowest BCUT2D eigenvalue weighted by Gasteiger charge is -2.46. The maximum absolute atomic E-state index is 5.47. The normalized spacial score (nSPS) is 27.2. The Morgan fingerprint density at radius 1 is 1.26 bits per heavy atom. The van der Waals surface area contributed by atoms with Gasteiger partial charge in [0.05, 0.1) is 6.61 Å². The number of rotatable bonds is 7. The summed E-state index contributed by atoms with van der Waals surface area (Å²) in [5.41, 5.74) is 0. The summed E-state index contributed by atoms with van der Waals surface area (Å²) in [4.78, 5) is 2.71. The predicted octanol–water partition coefficient (Wildman–Crippen LogP) is 2.76. The van der Waals surface area contributed by atoms with Crippen LogP contribution in [0.1, 0.15) is 47.5 Å². The van der Waals surface area contributed by atoms with E-state index in [1.807, 2.05) is 7.11 Å². The SMILES string of the molecule is CCC1CNC(CC(C)C)CN1C(COC)C(C)C. The van der Waals surface area contributed by atoms with E-state index in [0.717, 1.165) is 19.1 Å². The van der Waals surface area contributed by atoms with E-state index < -0.39 is 0 Å². The first kappa shape index (κ1) is 16.9. The summed E-state index contributed by atoms with van der Waals surface area (Å²) in [5.74, 6) is 1.41. The van der Waals surface area contributed by atoms with E-state index in [9.17, 15) is 0 Å². The van der Waals surface area contributed by atoms with Gasteiger partial charge in [0, 0.05) is 38.3 Å². The molecule has 1 fully saturated rings. The third kappa shape index (κ3) is 5.05. The molecule has 0 amide bonds. The molecule has 0 aromatic carbocycles. The summed E-state index contributed by atoms with van der Waals surface area (Å²) in [6, 6.07) is 1.85. The van der Waals surface area contributed by atoms with E-state index in [0.29, 0.717) is 24.0 Å². The molecule has 0 aromatic heterocycles. The molecule has 1 N–H and O–H groups in total.